The maximum absolute atomic E-state index is 13.0. The molecule has 1 aromatic rings. The van der Waals surface area contributed by atoms with Crippen LogP contribution >= 0.6 is 0 Å². The molecular formula is C22H22N2O4. The Morgan fingerprint density at radius 3 is 3.11 bits per heavy atom. The van der Waals surface area contributed by atoms with Gasteiger partial charge in [-0.2, -0.15) is 0 Å². The van der Waals surface area contributed by atoms with E-state index in [-0.39, 0.29) is 23.6 Å². The van der Waals surface area contributed by atoms with Crippen LogP contribution in [0.15, 0.2) is 35.9 Å². The fourth-order valence-corrected chi connectivity index (χ4v) is 7.43. The number of hydrogen-bond acceptors (Lipinski definition) is 6. The van der Waals surface area contributed by atoms with Crippen LogP contribution in [0.5, 0.6) is 11.5 Å². The molecule has 28 heavy (non-hydrogen) atoms. The van der Waals surface area contributed by atoms with E-state index in [0.717, 1.165) is 55.1 Å². The van der Waals surface area contributed by atoms with Gasteiger partial charge in [0, 0.05) is 23.4 Å². The third-order valence-corrected chi connectivity index (χ3v) is 8.23. The van der Waals surface area contributed by atoms with Gasteiger partial charge in [0.2, 0.25) is 6.79 Å². The van der Waals surface area contributed by atoms with Gasteiger partial charge in [-0.3, -0.25) is 4.90 Å². The van der Waals surface area contributed by atoms with Gasteiger partial charge < -0.3 is 19.5 Å². The number of nitrogens with one attached hydrogen (secondary N) is 1. The van der Waals surface area contributed by atoms with Crippen LogP contribution in [0.3, 0.4) is 0 Å². The highest BCUT2D eigenvalue weighted by Gasteiger charge is 2.76. The minimum absolute atomic E-state index is 0.111. The van der Waals surface area contributed by atoms with E-state index in [1.54, 1.807) is 0 Å². The zero-order valence-corrected chi connectivity index (χ0v) is 15.8. The molecule has 3 spiro atoms. The highest BCUT2D eigenvalue weighted by Crippen LogP contribution is 2.72. The molecule has 2 fully saturated rings. The molecule has 1 N–H and O–H groups in total. The van der Waals surface area contributed by atoms with Gasteiger partial charge >= 0.3 is 5.97 Å². The lowest BCUT2D eigenvalue weighted by Crippen LogP contribution is -2.72. The third-order valence-electron chi connectivity index (χ3n) is 8.23. The van der Waals surface area contributed by atoms with E-state index in [1.807, 2.05) is 6.07 Å². The number of carbonyl (C=O) groups excluding carboxylic acids is 1. The van der Waals surface area contributed by atoms with Crippen molar-refractivity contribution in [2.75, 3.05) is 32.3 Å². The quantitative estimate of drug-likeness (QED) is 0.598. The van der Waals surface area contributed by atoms with E-state index >= 15 is 0 Å². The first-order chi connectivity index (χ1) is 13.7. The normalized spacial score (nSPS) is 40.5. The summed E-state index contributed by atoms with van der Waals surface area (Å²) in [4.78, 5) is 15.6. The minimum Gasteiger partial charge on any atom is -0.466 e. The van der Waals surface area contributed by atoms with E-state index in [4.69, 9.17) is 14.2 Å². The Hall–Kier alpha value is -2.47. The van der Waals surface area contributed by atoms with Gasteiger partial charge in [0.15, 0.2) is 11.5 Å². The van der Waals surface area contributed by atoms with Gasteiger partial charge in [-0.15, -0.1) is 0 Å². The number of rotatable bonds is 1. The van der Waals surface area contributed by atoms with E-state index < -0.39 is 5.54 Å². The topological polar surface area (TPSA) is 60.0 Å². The molecule has 6 nitrogen and oxygen atoms in total. The summed E-state index contributed by atoms with van der Waals surface area (Å²) in [5.41, 5.74) is 2.35. The summed E-state index contributed by atoms with van der Waals surface area (Å²) in [6, 6.07) is 4.59. The van der Waals surface area contributed by atoms with Crippen LogP contribution in [0.2, 0.25) is 0 Å². The van der Waals surface area contributed by atoms with E-state index in [1.165, 1.54) is 12.7 Å². The molecule has 144 valence electrons. The number of benzene rings is 1. The minimum atomic E-state index is -0.449. The molecule has 0 unspecified atom stereocenters. The lowest BCUT2D eigenvalue weighted by molar-refractivity contribution is -0.138. The highest BCUT2D eigenvalue weighted by molar-refractivity contribution is 5.97. The molecule has 2 bridgehead atoms. The van der Waals surface area contributed by atoms with Gasteiger partial charge in [-0.25, -0.2) is 4.79 Å². The van der Waals surface area contributed by atoms with Crippen LogP contribution in [-0.2, 0) is 14.9 Å². The summed E-state index contributed by atoms with van der Waals surface area (Å²) >= 11 is 0. The number of methoxy groups -OCH3 is 1. The van der Waals surface area contributed by atoms with Crippen molar-refractivity contribution < 1.29 is 19.0 Å². The van der Waals surface area contributed by atoms with Crippen LogP contribution in [0.4, 0.5) is 5.69 Å². The van der Waals surface area contributed by atoms with Gasteiger partial charge in [0.25, 0.3) is 0 Å². The van der Waals surface area contributed by atoms with Crippen molar-refractivity contribution in [1.82, 2.24) is 4.90 Å². The Balaban J connectivity index is 1.58. The first kappa shape index (κ1) is 15.5. The van der Waals surface area contributed by atoms with Gasteiger partial charge in [-0.05, 0) is 37.4 Å². The fourth-order valence-electron chi connectivity index (χ4n) is 7.43. The number of nitrogens with zero attached hydrogens (tertiary/aromatic N) is 1. The predicted molar refractivity (Wildman–Crippen MR) is 101 cm³/mol. The van der Waals surface area contributed by atoms with Crippen LogP contribution in [-0.4, -0.2) is 49.4 Å². The number of hydrogen-bond donors (Lipinski definition) is 1. The SMILES string of the molecule is COC(=O)C1=C[C@@]23C=CCN4CC[C@@]5(c6ccc7c(c6N[C@]15CC2)OCO7)[C@@H]43. The van der Waals surface area contributed by atoms with E-state index in [2.05, 4.69) is 34.5 Å². The number of fused-ring (bicyclic) bond motifs is 4. The molecule has 0 amide bonds. The zero-order valence-electron chi connectivity index (χ0n) is 15.8. The summed E-state index contributed by atoms with van der Waals surface area (Å²) < 4.78 is 16.8. The number of esters is 1. The Labute approximate surface area is 163 Å². The Morgan fingerprint density at radius 2 is 2.21 bits per heavy atom. The Bertz CT molecular complexity index is 1020. The number of anilines is 1. The van der Waals surface area contributed by atoms with Crippen molar-refractivity contribution in [3.8, 4) is 11.5 Å². The number of carbonyl (C=O) groups is 1. The molecule has 4 aliphatic heterocycles. The Kier molecular flexibility index (Phi) is 2.52. The zero-order chi connectivity index (χ0) is 18.7. The summed E-state index contributed by atoms with van der Waals surface area (Å²) in [5.74, 6) is 1.36. The molecule has 0 aromatic heterocycles. The highest BCUT2D eigenvalue weighted by atomic mass is 16.7. The summed E-state index contributed by atoms with van der Waals surface area (Å²) in [6.07, 6.45) is 9.82. The molecule has 8 rings (SSSR count). The van der Waals surface area contributed by atoms with Gasteiger partial charge in [-0.1, -0.05) is 24.3 Å². The second kappa shape index (κ2) is 4.57. The molecule has 7 aliphatic rings. The van der Waals surface area contributed by atoms with Crippen LogP contribution in [0.25, 0.3) is 0 Å². The van der Waals surface area contributed by atoms with Crippen LogP contribution in [0.1, 0.15) is 24.8 Å². The average Bonchev–Trinajstić information content (AvgIpc) is 3.42. The second-order valence-electron chi connectivity index (χ2n) is 8.94. The maximum atomic E-state index is 13.0. The lowest BCUT2D eigenvalue weighted by Gasteiger charge is -2.63. The van der Waals surface area contributed by atoms with E-state index in [0.29, 0.717) is 6.04 Å². The lowest BCUT2D eigenvalue weighted by atomic mass is 9.43. The van der Waals surface area contributed by atoms with Gasteiger partial charge in [0.1, 0.15) is 0 Å². The standard InChI is InChI=1S/C22H22N2O4/c1-26-18(25)14-11-20-5-2-9-24-10-8-21(19(20)24)13-3-4-15-17(28-12-27-15)16(13)23-22(14,21)7-6-20/h2-5,11,19,23H,6-10,12H2,1H3/t19-,20+,21+,22+/m0/s1. The number of ether oxygens (including phenoxy) is 3. The average molecular weight is 378 g/mol. The van der Waals surface area contributed by atoms with E-state index in [9.17, 15) is 4.79 Å². The first-order valence-electron chi connectivity index (χ1n) is 10.1. The van der Waals surface area contributed by atoms with Crippen molar-refractivity contribution in [3.05, 3.63) is 41.5 Å². The fraction of sp³-hybridized carbons (Fsp3) is 0.500. The van der Waals surface area contributed by atoms with Crippen molar-refractivity contribution in [2.45, 2.75) is 36.3 Å². The van der Waals surface area contributed by atoms with Crippen LogP contribution in [0, 0.1) is 5.41 Å². The molecule has 6 heteroatoms. The van der Waals surface area contributed by atoms with Crippen molar-refractivity contribution in [1.29, 1.82) is 0 Å². The molecule has 1 aromatic carbocycles. The largest absolute Gasteiger partial charge is 0.466 e. The maximum Gasteiger partial charge on any atom is 0.335 e. The van der Waals surface area contributed by atoms with Crippen molar-refractivity contribution in [2.24, 2.45) is 5.41 Å². The molecule has 4 atom stereocenters. The summed E-state index contributed by atoms with van der Waals surface area (Å²) in [6.45, 7) is 2.26. The third kappa shape index (κ3) is 1.37. The predicted octanol–water partition coefficient (Wildman–Crippen LogP) is 2.35. The molecule has 1 saturated carbocycles. The smallest absolute Gasteiger partial charge is 0.335 e. The second-order valence-corrected chi connectivity index (χ2v) is 8.94. The molecule has 4 heterocycles. The van der Waals surface area contributed by atoms with Crippen molar-refractivity contribution >= 4 is 11.7 Å². The first-order valence-corrected chi connectivity index (χ1v) is 10.1. The monoisotopic (exact) mass is 378 g/mol. The molecular weight excluding hydrogens is 356 g/mol. The molecule has 3 aliphatic carbocycles. The molecule has 0 radical (unpaired) electrons. The van der Waals surface area contributed by atoms with Gasteiger partial charge in [0.05, 0.1) is 23.9 Å². The van der Waals surface area contributed by atoms with Crippen LogP contribution < -0.4 is 14.8 Å². The summed E-state index contributed by atoms with van der Waals surface area (Å²) in [7, 11) is 1.48. The molecule has 1 saturated heterocycles. The Morgan fingerprint density at radius 1 is 1.29 bits per heavy atom. The summed E-state index contributed by atoms with van der Waals surface area (Å²) in [5, 5.41) is 3.83. The van der Waals surface area contributed by atoms with Crippen molar-refractivity contribution in [3.63, 3.8) is 0 Å².